The minimum absolute atomic E-state index is 0.235. The molecule has 0 amide bonds. The molecular weight excluding hydrogens is 304 g/mol. The van der Waals surface area contributed by atoms with E-state index in [-0.39, 0.29) is 6.42 Å². The van der Waals surface area contributed by atoms with Crippen LogP contribution < -0.4 is 0 Å². The van der Waals surface area contributed by atoms with Crippen LogP contribution in [0, 0.1) is 5.92 Å². The first-order valence-corrected chi connectivity index (χ1v) is 8.12. The third kappa shape index (κ3) is 7.09. The molecule has 128 valence electrons. The molecule has 4 nitrogen and oxygen atoms in total. The Kier molecular flexibility index (Phi) is 8.90. The summed E-state index contributed by atoms with van der Waals surface area (Å²) in [4.78, 5) is 20.7. The average molecular weight is 328 g/mol. The summed E-state index contributed by atoms with van der Waals surface area (Å²) in [6, 6.07) is 20.8. The van der Waals surface area contributed by atoms with Crippen molar-refractivity contribution in [3.63, 3.8) is 0 Å². The van der Waals surface area contributed by atoms with Crippen molar-refractivity contribution in [1.29, 1.82) is 0 Å². The van der Waals surface area contributed by atoms with Gasteiger partial charge in [0.25, 0.3) is 0 Å². The van der Waals surface area contributed by atoms with E-state index in [2.05, 4.69) is 48.5 Å². The highest BCUT2D eigenvalue weighted by molar-refractivity contribution is 5.92. The summed E-state index contributed by atoms with van der Waals surface area (Å²) in [7, 11) is 0. The van der Waals surface area contributed by atoms with Gasteiger partial charge in [0.05, 0.1) is 0 Å². The zero-order valence-corrected chi connectivity index (χ0v) is 13.9. The van der Waals surface area contributed by atoms with Gasteiger partial charge in [-0.05, 0) is 17.5 Å². The fourth-order valence-corrected chi connectivity index (χ4v) is 2.21. The first-order chi connectivity index (χ1) is 11.6. The fourth-order valence-electron chi connectivity index (χ4n) is 2.21. The van der Waals surface area contributed by atoms with Crippen molar-refractivity contribution in [2.24, 2.45) is 5.92 Å². The number of benzene rings is 2. The Morgan fingerprint density at radius 2 is 1.21 bits per heavy atom. The second-order valence-corrected chi connectivity index (χ2v) is 5.46. The molecule has 0 aliphatic rings. The predicted molar refractivity (Wildman–Crippen MR) is 94.8 cm³/mol. The summed E-state index contributed by atoms with van der Waals surface area (Å²) in [6.07, 6.45) is 2.75. The fraction of sp³-hybridized carbons (Fsp3) is 0.300. The molecule has 2 aromatic carbocycles. The maximum absolute atomic E-state index is 10.4. The minimum Gasteiger partial charge on any atom is -0.481 e. The molecule has 0 atom stereocenters. The number of carboxylic acid groups (broad SMARTS) is 2. The third-order valence-electron chi connectivity index (χ3n) is 3.57. The van der Waals surface area contributed by atoms with Crippen LogP contribution in [0.25, 0.3) is 11.1 Å². The van der Waals surface area contributed by atoms with Gasteiger partial charge in [0.1, 0.15) is 0 Å². The van der Waals surface area contributed by atoms with Crippen LogP contribution in [0.2, 0.25) is 0 Å². The Bertz CT molecular complexity index is 557. The molecule has 2 rings (SSSR count). The quantitative estimate of drug-likeness (QED) is 0.570. The van der Waals surface area contributed by atoms with Crippen LogP contribution in [0.3, 0.4) is 0 Å². The molecule has 0 aromatic heterocycles. The largest absolute Gasteiger partial charge is 0.481 e. The lowest BCUT2D eigenvalue weighted by Crippen LogP contribution is -2.23. The molecule has 0 saturated carbocycles. The highest BCUT2D eigenvalue weighted by Crippen LogP contribution is 2.17. The SMILES string of the molecule is CCCCCC(C(=O)O)C(=O)O.c1ccc(-c2ccccc2)cc1. The molecule has 0 radical (unpaired) electrons. The molecule has 0 saturated heterocycles. The Hall–Kier alpha value is -2.62. The van der Waals surface area contributed by atoms with Gasteiger partial charge in [0.15, 0.2) is 5.92 Å². The average Bonchev–Trinajstić information content (AvgIpc) is 2.60. The molecule has 0 fully saturated rings. The van der Waals surface area contributed by atoms with E-state index < -0.39 is 17.9 Å². The molecule has 24 heavy (non-hydrogen) atoms. The normalized spacial score (nSPS) is 9.92. The van der Waals surface area contributed by atoms with Gasteiger partial charge in [-0.3, -0.25) is 9.59 Å². The van der Waals surface area contributed by atoms with Crippen molar-refractivity contribution in [1.82, 2.24) is 0 Å². The van der Waals surface area contributed by atoms with Crippen LogP contribution >= 0.6 is 0 Å². The highest BCUT2D eigenvalue weighted by Gasteiger charge is 2.24. The van der Waals surface area contributed by atoms with E-state index in [9.17, 15) is 9.59 Å². The molecule has 0 spiro atoms. The topological polar surface area (TPSA) is 74.6 Å². The summed E-state index contributed by atoms with van der Waals surface area (Å²) in [5.74, 6) is -3.70. The number of hydrogen-bond donors (Lipinski definition) is 2. The van der Waals surface area contributed by atoms with E-state index >= 15 is 0 Å². The molecular formula is C20H24O4. The lowest BCUT2D eigenvalue weighted by molar-refractivity contribution is -0.154. The summed E-state index contributed by atoms with van der Waals surface area (Å²) in [5, 5.41) is 16.9. The van der Waals surface area contributed by atoms with Gasteiger partial charge in [0, 0.05) is 0 Å². The van der Waals surface area contributed by atoms with Gasteiger partial charge < -0.3 is 10.2 Å². The van der Waals surface area contributed by atoms with Crippen LogP contribution in [-0.4, -0.2) is 22.2 Å². The first kappa shape index (κ1) is 19.4. The lowest BCUT2D eigenvalue weighted by atomic mass is 10.0. The zero-order valence-electron chi connectivity index (χ0n) is 13.9. The molecule has 2 N–H and O–H groups in total. The Morgan fingerprint density at radius 3 is 1.54 bits per heavy atom. The van der Waals surface area contributed by atoms with Crippen molar-refractivity contribution in [3.8, 4) is 11.1 Å². The van der Waals surface area contributed by atoms with Crippen LogP contribution in [0.15, 0.2) is 60.7 Å². The Labute approximate surface area is 142 Å². The van der Waals surface area contributed by atoms with Gasteiger partial charge >= 0.3 is 11.9 Å². The minimum atomic E-state index is -1.24. The van der Waals surface area contributed by atoms with Gasteiger partial charge in [-0.25, -0.2) is 0 Å². The smallest absolute Gasteiger partial charge is 0.317 e. The van der Waals surface area contributed by atoms with Crippen molar-refractivity contribution in [2.75, 3.05) is 0 Å². The lowest BCUT2D eigenvalue weighted by Gasteiger charge is -2.05. The maximum Gasteiger partial charge on any atom is 0.317 e. The van der Waals surface area contributed by atoms with E-state index in [4.69, 9.17) is 10.2 Å². The number of carbonyl (C=O) groups is 2. The standard InChI is InChI=1S/C12H10.C8H14O4/c1-3-7-11(8-4-1)12-9-5-2-6-10-12;1-2-3-4-5-6(7(9)10)8(11)12/h1-10H;6H,2-5H2,1H3,(H,9,10)(H,11,12). The number of aliphatic carboxylic acids is 2. The van der Waals surface area contributed by atoms with Crippen LogP contribution in [0.4, 0.5) is 0 Å². The van der Waals surface area contributed by atoms with Gasteiger partial charge in [0.2, 0.25) is 0 Å². The van der Waals surface area contributed by atoms with Crippen molar-refractivity contribution in [2.45, 2.75) is 32.6 Å². The summed E-state index contributed by atoms with van der Waals surface area (Å²) in [6.45, 7) is 1.98. The summed E-state index contributed by atoms with van der Waals surface area (Å²) < 4.78 is 0. The summed E-state index contributed by atoms with van der Waals surface area (Å²) in [5.41, 5.74) is 2.55. The summed E-state index contributed by atoms with van der Waals surface area (Å²) >= 11 is 0. The van der Waals surface area contributed by atoms with Gasteiger partial charge in [-0.2, -0.15) is 0 Å². The highest BCUT2D eigenvalue weighted by atomic mass is 16.4. The van der Waals surface area contributed by atoms with Gasteiger partial charge in [-0.1, -0.05) is 86.8 Å². The van der Waals surface area contributed by atoms with E-state index in [1.807, 2.05) is 19.1 Å². The van der Waals surface area contributed by atoms with E-state index in [0.717, 1.165) is 12.8 Å². The van der Waals surface area contributed by atoms with Crippen molar-refractivity contribution in [3.05, 3.63) is 60.7 Å². The molecule has 0 bridgehead atoms. The van der Waals surface area contributed by atoms with E-state index in [1.165, 1.54) is 11.1 Å². The monoisotopic (exact) mass is 328 g/mol. The van der Waals surface area contributed by atoms with Crippen molar-refractivity contribution >= 4 is 11.9 Å². The maximum atomic E-state index is 10.4. The number of hydrogen-bond acceptors (Lipinski definition) is 2. The van der Waals surface area contributed by atoms with Crippen LogP contribution in [0.5, 0.6) is 0 Å². The third-order valence-corrected chi connectivity index (χ3v) is 3.57. The first-order valence-electron chi connectivity index (χ1n) is 8.12. The molecule has 0 aliphatic heterocycles. The van der Waals surface area contributed by atoms with E-state index in [0.29, 0.717) is 6.42 Å². The number of carboxylic acids is 2. The van der Waals surface area contributed by atoms with Gasteiger partial charge in [-0.15, -0.1) is 0 Å². The second kappa shape index (κ2) is 11.0. The molecule has 4 heteroatoms. The second-order valence-electron chi connectivity index (χ2n) is 5.46. The molecule has 2 aromatic rings. The van der Waals surface area contributed by atoms with Crippen LogP contribution in [0.1, 0.15) is 32.6 Å². The van der Waals surface area contributed by atoms with Crippen molar-refractivity contribution < 1.29 is 19.8 Å². The molecule has 0 unspecified atom stereocenters. The van der Waals surface area contributed by atoms with Crippen LogP contribution in [-0.2, 0) is 9.59 Å². The number of rotatable bonds is 7. The van der Waals surface area contributed by atoms with E-state index in [1.54, 1.807) is 0 Å². The zero-order chi connectivity index (χ0) is 17.8. The molecule has 0 aliphatic carbocycles. The molecule has 0 heterocycles. The Balaban J connectivity index is 0.000000240. The Morgan fingerprint density at radius 1 is 0.792 bits per heavy atom. The number of unbranched alkanes of at least 4 members (excludes halogenated alkanes) is 2. The predicted octanol–water partition coefficient (Wildman–Crippen LogP) is 4.71.